The second-order valence-electron chi connectivity index (χ2n) is 10.0. The molecule has 3 heterocycles. The van der Waals surface area contributed by atoms with E-state index in [0.29, 0.717) is 53.6 Å². The van der Waals surface area contributed by atoms with Crippen LogP contribution in [-0.2, 0) is 9.53 Å². The molecular weight excluding hydrogens is 506 g/mol. The van der Waals surface area contributed by atoms with E-state index < -0.39 is 17.5 Å². The van der Waals surface area contributed by atoms with Gasteiger partial charge < -0.3 is 25.4 Å². The minimum Gasteiger partial charge on any atom is -0.495 e. The first-order chi connectivity index (χ1) is 18.5. The number of aliphatic imine (C=N–C) groups is 1. The first-order valence-corrected chi connectivity index (χ1v) is 14.2. The molecule has 38 heavy (non-hydrogen) atoms. The Morgan fingerprint density at radius 2 is 2.05 bits per heavy atom. The highest BCUT2D eigenvalue weighted by molar-refractivity contribution is 7.24. The third-order valence-corrected chi connectivity index (χ3v) is 8.76. The number of fused-ring (bicyclic) bond motifs is 1. The summed E-state index contributed by atoms with van der Waals surface area (Å²) in [6, 6.07) is 5.08. The van der Waals surface area contributed by atoms with Crippen molar-refractivity contribution in [1.29, 1.82) is 0 Å². The van der Waals surface area contributed by atoms with Gasteiger partial charge in [0.25, 0.3) is 5.91 Å². The minimum atomic E-state index is -1.22. The van der Waals surface area contributed by atoms with Gasteiger partial charge in [-0.15, -0.1) is 11.3 Å². The fourth-order valence-electron chi connectivity index (χ4n) is 5.71. The van der Waals surface area contributed by atoms with E-state index in [1.54, 1.807) is 7.11 Å². The highest BCUT2D eigenvalue weighted by Gasteiger charge is 2.54. The number of carbonyl (C=O) groups excluding carboxylic acids is 3. The molecule has 3 aliphatic rings. The number of urea groups is 1. The van der Waals surface area contributed by atoms with Gasteiger partial charge in [-0.25, -0.2) is 4.79 Å². The highest BCUT2D eigenvalue weighted by atomic mass is 32.1. The Kier molecular flexibility index (Phi) is 7.96. The number of hydrogen-bond donors (Lipinski definition) is 4. The lowest BCUT2D eigenvalue weighted by Crippen LogP contribution is -2.57. The predicted molar refractivity (Wildman–Crippen MR) is 148 cm³/mol. The molecule has 2 aromatic rings. The van der Waals surface area contributed by atoms with Gasteiger partial charge in [-0.05, 0) is 38.8 Å². The van der Waals surface area contributed by atoms with Crippen LogP contribution < -0.4 is 26.0 Å². The van der Waals surface area contributed by atoms with Crippen LogP contribution in [0.2, 0.25) is 0 Å². The lowest BCUT2D eigenvalue weighted by atomic mass is 9.74. The van der Waals surface area contributed by atoms with E-state index in [1.165, 1.54) is 17.8 Å². The molecule has 1 aromatic carbocycles. The molecule has 0 bridgehead atoms. The summed E-state index contributed by atoms with van der Waals surface area (Å²) in [5.41, 5.74) is -0.845. The van der Waals surface area contributed by atoms with Crippen molar-refractivity contribution in [2.45, 2.75) is 57.1 Å². The van der Waals surface area contributed by atoms with E-state index in [0.717, 1.165) is 30.4 Å². The Balaban J connectivity index is 1.48. The Bertz CT molecular complexity index is 1250. The van der Waals surface area contributed by atoms with Crippen LogP contribution in [0, 0.1) is 5.92 Å². The predicted octanol–water partition coefficient (Wildman–Crippen LogP) is 3.46. The molecule has 11 heteroatoms. The van der Waals surface area contributed by atoms with E-state index in [9.17, 15) is 14.4 Å². The number of Topliss-reactive ketones (excluding diaryl/α,β-unsaturated/α-hetero) is 1. The molecule has 2 unspecified atom stereocenters. The molecule has 1 saturated heterocycles. The zero-order valence-corrected chi connectivity index (χ0v) is 22.7. The van der Waals surface area contributed by atoms with Crippen molar-refractivity contribution in [3.05, 3.63) is 23.8 Å². The second-order valence-corrected chi connectivity index (χ2v) is 11.0. The topological polar surface area (TPSA) is 130 Å². The number of benzene rings is 1. The van der Waals surface area contributed by atoms with Crippen molar-refractivity contribution in [2.75, 3.05) is 38.7 Å². The number of carbonyl (C=O) groups is 3. The van der Waals surface area contributed by atoms with Crippen LogP contribution >= 0.6 is 11.3 Å². The molecule has 10 nitrogen and oxygen atoms in total. The monoisotopic (exact) mass is 541 g/mol. The maximum atomic E-state index is 14.3. The normalized spacial score (nSPS) is 23.8. The number of ether oxygens (including phenoxy) is 2. The summed E-state index contributed by atoms with van der Waals surface area (Å²) in [6.07, 6.45) is 6.16. The molecule has 0 radical (unpaired) electrons. The van der Waals surface area contributed by atoms with Crippen LogP contribution in [0.4, 0.5) is 9.80 Å². The summed E-state index contributed by atoms with van der Waals surface area (Å²) in [7, 11) is 1.57. The van der Waals surface area contributed by atoms with Crippen molar-refractivity contribution >= 4 is 50.0 Å². The van der Waals surface area contributed by atoms with E-state index in [4.69, 9.17) is 14.5 Å². The molecule has 2 aliphatic heterocycles. The first-order valence-electron chi connectivity index (χ1n) is 13.4. The maximum Gasteiger partial charge on any atom is 0.319 e. The Labute approximate surface area is 225 Å². The zero-order chi connectivity index (χ0) is 26.7. The molecule has 3 amide bonds. The summed E-state index contributed by atoms with van der Waals surface area (Å²) in [6.45, 7) is 3.37. The second kappa shape index (κ2) is 11.4. The largest absolute Gasteiger partial charge is 0.495 e. The van der Waals surface area contributed by atoms with Crippen molar-refractivity contribution in [3.63, 3.8) is 0 Å². The average molecular weight is 542 g/mol. The van der Waals surface area contributed by atoms with Crippen molar-refractivity contribution in [3.8, 4) is 5.75 Å². The molecule has 4 N–H and O–H groups in total. The van der Waals surface area contributed by atoms with Gasteiger partial charge in [0.1, 0.15) is 23.2 Å². The smallest absolute Gasteiger partial charge is 0.319 e. The number of amidine groups is 1. The van der Waals surface area contributed by atoms with E-state index in [2.05, 4.69) is 21.3 Å². The lowest BCUT2D eigenvalue weighted by Gasteiger charge is -2.36. The molecule has 1 aliphatic carbocycles. The first kappa shape index (κ1) is 26.6. The number of methoxy groups -OCH3 is 1. The van der Waals surface area contributed by atoms with Crippen LogP contribution in [0.15, 0.2) is 23.2 Å². The van der Waals surface area contributed by atoms with E-state index in [1.807, 2.05) is 25.1 Å². The number of rotatable bonds is 8. The number of amides is 3. The summed E-state index contributed by atoms with van der Waals surface area (Å²) >= 11 is 1.28. The number of hydrogen-bond acceptors (Lipinski definition) is 8. The quantitative estimate of drug-likeness (QED) is 0.379. The Morgan fingerprint density at radius 3 is 2.82 bits per heavy atom. The van der Waals surface area contributed by atoms with Gasteiger partial charge in [0.2, 0.25) is 0 Å². The molecule has 5 rings (SSSR count). The molecule has 1 spiro atoms. The van der Waals surface area contributed by atoms with E-state index in [-0.39, 0.29) is 24.4 Å². The van der Waals surface area contributed by atoms with Crippen molar-refractivity contribution < 1.29 is 23.9 Å². The summed E-state index contributed by atoms with van der Waals surface area (Å²) in [5, 5.41) is 12.8. The maximum absolute atomic E-state index is 14.3. The number of anilines is 1. The summed E-state index contributed by atoms with van der Waals surface area (Å²) in [5.74, 6) is -0.160. The van der Waals surface area contributed by atoms with Crippen LogP contribution in [-0.4, -0.2) is 68.6 Å². The van der Waals surface area contributed by atoms with Crippen LogP contribution in [0.25, 0.3) is 10.1 Å². The van der Waals surface area contributed by atoms with Crippen molar-refractivity contribution in [2.24, 2.45) is 10.9 Å². The van der Waals surface area contributed by atoms with Gasteiger partial charge in [0, 0.05) is 18.5 Å². The van der Waals surface area contributed by atoms with Crippen LogP contribution in [0.3, 0.4) is 0 Å². The molecule has 1 aromatic heterocycles. The lowest BCUT2D eigenvalue weighted by molar-refractivity contribution is -0.125. The van der Waals surface area contributed by atoms with Gasteiger partial charge in [-0.2, -0.15) is 0 Å². The fourth-order valence-corrected chi connectivity index (χ4v) is 6.90. The number of nitrogens with zero attached hydrogens (tertiary/aromatic N) is 1. The average Bonchev–Trinajstić information content (AvgIpc) is 3.44. The summed E-state index contributed by atoms with van der Waals surface area (Å²) in [4.78, 5) is 45.1. The summed E-state index contributed by atoms with van der Waals surface area (Å²) < 4.78 is 12.4. The Hall–Kier alpha value is -3.02. The van der Waals surface area contributed by atoms with Gasteiger partial charge >= 0.3 is 6.03 Å². The molecule has 2 fully saturated rings. The molecule has 204 valence electrons. The standard InChI is InChI=1S/C27H35N5O5S/c1-3-29-26(35)31-24-21(17-10-7-11-19(36-2)23(17)38-24)22(33)18-14-28-13-12-27(18)25(34)30-20(32-27)15-37-16-8-5-4-6-9-16/h7,10-11,16,18,28H,3-6,8-9,12-15H2,1-2H3,(H2,29,31,35)(H,30,32,34). The van der Waals surface area contributed by atoms with Gasteiger partial charge in [-0.1, -0.05) is 31.4 Å². The highest BCUT2D eigenvalue weighted by Crippen LogP contribution is 2.44. The van der Waals surface area contributed by atoms with Crippen LogP contribution in [0.5, 0.6) is 5.75 Å². The SMILES string of the molecule is CCNC(=O)Nc1sc2c(OC)cccc2c1C(=O)C1CNCCC12N=C(COC1CCCCC1)NC2=O. The third kappa shape index (κ3) is 5.02. The zero-order valence-electron chi connectivity index (χ0n) is 21.9. The number of piperidine rings is 1. The molecule has 2 atom stereocenters. The molecule has 1 saturated carbocycles. The number of nitrogens with one attached hydrogen (secondary N) is 4. The fraction of sp³-hybridized carbons (Fsp3) is 0.556. The van der Waals surface area contributed by atoms with Gasteiger partial charge in [0.05, 0.1) is 29.4 Å². The van der Waals surface area contributed by atoms with Crippen molar-refractivity contribution in [1.82, 2.24) is 16.0 Å². The third-order valence-electron chi connectivity index (χ3n) is 7.63. The molecular formula is C27H35N5O5S. The number of ketones is 1. The minimum absolute atomic E-state index is 0.181. The Morgan fingerprint density at radius 1 is 1.24 bits per heavy atom. The van der Waals surface area contributed by atoms with Crippen LogP contribution in [0.1, 0.15) is 55.8 Å². The number of thiophene rings is 1. The van der Waals surface area contributed by atoms with E-state index >= 15 is 0 Å². The van der Waals surface area contributed by atoms with Gasteiger partial charge in [0.15, 0.2) is 11.3 Å². The van der Waals surface area contributed by atoms with Gasteiger partial charge in [-0.3, -0.25) is 19.9 Å².